The summed E-state index contributed by atoms with van der Waals surface area (Å²) in [6, 6.07) is 23.1. The van der Waals surface area contributed by atoms with Crippen LogP contribution in [0.15, 0.2) is 78.9 Å². The van der Waals surface area contributed by atoms with E-state index in [1.54, 1.807) is 6.07 Å². The predicted molar refractivity (Wildman–Crippen MR) is 151 cm³/mol. The summed E-state index contributed by atoms with van der Waals surface area (Å²) in [7, 11) is 0.909. The number of benzene rings is 3. The molecule has 0 N–H and O–H groups in total. The van der Waals surface area contributed by atoms with Crippen LogP contribution < -0.4 is 0 Å². The molecule has 3 aromatic rings. The van der Waals surface area contributed by atoms with Crippen LogP contribution in [0.5, 0.6) is 0 Å². The van der Waals surface area contributed by atoms with Gasteiger partial charge in [-0.1, -0.05) is 72.8 Å². The van der Waals surface area contributed by atoms with Crippen molar-refractivity contribution in [2.24, 2.45) is 0 Å². The highest BCUT2D eigenvalue weighted by Crippen LogP contribution is 2.44. The van der Waals surface area contributed by atoms with Gasteiger partial charge in [0.25, 0.3) is 5.60 Å². The fraction of sp³-hybridized carbons (Fsp3) is 0.387. The van der Waals surface area contributed by atoms with Crippen LogP contribution in [0.4, 0.5) is 13.2 Å². The summed E-state index contributed by atoms with van der Waals surface area (Å²) in [5, 5.41) is 0. The van der Waals surface area contributed by atoms with E-state index in [0.717, 1.165) is 42.2 Å². The van der Waals surface area contributed by atoms with Crippen LogP contribution in [0.1, 0.15) is 41.0 Å². The van der Waals surface area contributed by atoms with Crippen molar-refractivity contribution in [3.8, 4) is 0 Å². The largest absolute Gasteiger partial charge is 0.458 e. The molecule has 5 rings (SSSR count). The van der Waals surface area contributed by atoms with Gasteiger partial charge in [0.05, 0.1) is 6.04 Å². The molecule has 1 aliphatic heterocycles. The molecule has 0 spiro atoms. The Kier molecular flexibility index (Phi) is 8.35. The van der Waals surface area contributed by atoms with E-state index in [1.807, 2.05) is 36.4 Å². The zero-order chi connectivity index (χ0) is 27.6. The second-order valence-electron chi connectivity index (χ2n) is 10.3. The van der Waals surface area contributed by atoms with Crippen molar-refractivity contribution < 1.29 is 27.4 Å². The smallest absolute Gasteiger partial charge is 0.432 e. The second-order valence-corrected chi connectivity index (χ2v) is 11.4. The van der Waals surface area contributed by atoms with Gasteiger partial charge in [-0.2, -0.15) is 13.2 Å². The predicted octanol–water partition coefficient (Wildman–Crippen LogP) is 6.65. The quantitative estimate of drug-likeness (QED) is 0.222. The minimum atomic E-state index is -5.01. The van der Waals surface area contributed by atoms with Crippen LogP contribution in [-0.2, 0) is 32.7 Å². The summed E-state index contributed by atoms with van der Waals surface area (Å²) in [5.41, 5.74) is -0.00952. The summed E-state index contributed by atoms with van der Waals surface area (Å²) in [6.07, 6.45) is -2.90. The minimum absolute atomic E-state index is 0.229. The fourth-order valence-corrected chi connectivity index (χ4v) is 6.87. The Bertz CT molecular complexity index is 1280. The highest BCUT2D eigenvalue weighted by atomic mass is 125. The molecule has 39 heavy (non-hydrogen) atoms. The number of piperidine rings is 1. The summed E-state index contributed by atoms with van der Waals surface area (Å²) >= 11 is 2.31. The fourth-order valence-electron chi connectivity index (χ4n) is 6.10. The molecular formula is C31H31F3INO3. The first-order valence-electron chi connectivity index (χ1n) is 13.2. The Balaban J connectivity index is 1.44. The zero-order valence-electron chi connectivity index (χ0n) is 21.7. The lowest BCUT2D eigenvalue weighted by Gasteiger charge is -2.44. The number of hydrogen-bond acceptors (Lipinski definition) is 4. The van der Waals surface area contributed by atoms with Gasteiger partial charge in [0, 0.05) is 22.7 Å². The van der Waals surface area contributed by atoms with Crippen molar-refractivity contribution >= 4 is 28.6 Å². The molecule has 0 amide bonds. The van der Waals surface area contributed by atoms with E-state index >= 15 is 0 Å². The van der Waals surface area contributed by atoms with E-state index < -0.39 is 23.9 Å². The van der Waals surface area contributed by atoms with Crippen molar-refractivity contribution in [3.63, 3.8) is 0 Å². The number of carbonyl (C=O) groups excluding carboxylic acids is 1. The maximum atomic E-state index is 14.6. The number of carbonyl (C=O) groups is 1. The van der Waals surface area contributed by atoms with Crippen molar-refractivity contribution in [2.75, 3.05) is 20.2 Å². The third-order valence-electron chi connectivity index (χ3n) is 8.18. The molecule has 2 aliphatic rings. The monoisotopic (exact) mass is 647 g/mol. The molecule has 1 heterocycles. The third kappa shape index (κ3) is 5.47. The van der Waals surface area contributed by atoms with E-state index in [-0.39, 0.29) is 11.6 Å². The van der Waals surface area contributed by atoms with Crippen LogP contribution in [0.3, 0.4) is 0 Å². The highest BCUT2D eigenvalue weighted by Gasteiger charge is 2.64. The molecule has 3 aromatic carbocycles. The third-order valence-corrected chi connectivity index (χ3v) is 9.19. The van der Waals surface area contributed by atoms with Gasteiger partial charge in [-0.3, -0.25) is 4.90 Å². The molecule has 3 atom stereocenters. The molecule has 4 nitrogen and oxygen atoms in total. The average molecular weight is 647 g/mol. The number of hydrogen-bond donors (Lipinski definition) is 0. The molecule has 0 radical (unpaired) electrons. The Hall–Kier alpha value is -2.43. The molecule has 1 saturated heterocycles. The molecule has 0 saturated carbocycles. The van der Waals surface area contributed by atoms with Crippen LogP contribution in [0, 0.1) is 3.57 Å². The maximum Gasteiger partial charge on any atom is 0.432 e. The second kappa shape index (κ2) is 11.6. The van der Waals surface area contributed by atoms with Crippen molar-refractivity contribution in [1.82, 2.24) is 4.90 Å². The number of methoxy groups -OCH3 is 1. The maximum absolute atomic E-state index is 14.6. The first kappa shape index (κ1) is 28.1. The van der Waals surface area contributed by atoms with E-state index in [1.165, 1.54) is 35.4 Å². The molecule has 1 aliphatic carbocycles. The average Bonchev–Trinajstić information content (AvgIpc) is 2.94. The van der Waals surface area contributed by atoms with E-state index in [2.05, 4.69) is 39.6 Å². The minimum Gasteiger partial charge on any atom is -0.458 e. The van der Waals surface area contributed by atoms with Gasteiger partial charge in [-0.25, -0.2) is 4.79 Å². The van der Waals surface area contributed by atoms with E-state index in [4.69, 9.17) is 9.47 Å². The Morgan fingerprint density at radius 3 is 2.15 bits per heavy atom. The number of esters is 1. The van der Waals surface area contributed by atoms with Gasteiger partial charge in [0.2, 0.25) is 0 Å². The SMILES string of the molecule is CO[C@](C(=O)O[C@H]1Cc2cccc([125I])c2C[C@@H]1N1CCC(c2ccccc2)CC1)(c1ccccc1)C(F)(F)F. The van der Waals surface area contributed by atoms with Gasteiger partial charge >= 0.3 is 12.1 Å². The Labute approximate surface area is 240 Å². The number of ether oxygens (including phenoxy) is 2. The number of alkyl halides is 3. The highest BCUT2D eigenvalue weighted by molar-refractivity contribution is 14.1. The number of fused-ring (bicyclic) bond motifs is 1. The standard InChI is InChI=1S/C31H31F3INO3/c1-38-30(31(32,33)34,24-12-6-3-7-13-24)29(37)39-28-19-23-11-8-14-26(35)25(23)20-27(28)36-17-15-22(16-18-36)21-9-4-2-5-10-21/h2-14,22,27-28H,15-20H2,1H3/t27-,28-,30-/m0/s1/i35-2. The summed E-state index contributed by atoms with van der Waals surface area (Å²) in [4.78, 5) is 15.9. The lowest BCUT2D eigenvalue weighted by Crippen LogP contribution is -2.57. The summed E-state index contributed by atoms with van der Waals surface area (Å²) in [6.45, 7) is 1.56. The summed E-state index contributed by atoms with van der Waals surface area (Å²) < 4.78 is 55.7. The first-order chi connectivity index (χ1) is 18.7. The molecule has 0 unspecified atom stereocenters. The van der Waals surface area contributed by atoms with Gasteiger partial charge in [0.1, 0.15) is 6.10 Å². The lowest BCUT2D eigenvalue weighted by atomic mass is 9.82. The van der Waals surface area contributed by atoms with Crippen LogP contribution in [0.25, 0.3) is 0 Å². The van der Waals surface area contributed by atoms with E-state index in [9.17, 15) is 18.0 Å². The molecule has 206 valence electrons. The Morgan fingerprint density at radius 2 is 1.54 bits per heavy atom. The normalized spacial score (nSPS) is 22.1. The van der Waals surface area contributed by atoms with Crippen LogP contribution in [-0.4, -0.2) is 49.4 Å². The molecule has 8 heteroatoms. The Morgan fingerprint density at radius 1 is 0.897 bits per heavy atom. The van der Waals surface area contributed by atoms with Gasteiger partial charge in [0.15, 0.2) is 0 Å². The van der Waals surface area contributed by atoms with Gasteiger partial charge in [-0.05, 0) is 83.6 Å². The van der Waals surface area contributed by atoms with E-state index in [0.29, 0.717) is 18.8 Å². The topological polar surface area (TPSA) is 38.8 Å². The molecule has 0 bridgehead atoms. The van der Waals surface area contributed by atoms with Crippen LogP contribution in [0.2, 0.25) is 0 Å². The van der Waals surface area contributed by atoms with Crippen molar-refractivity contribution in [1.29, 1.82) is 0 Å². The van der Waals surface area contributed by atoms with Gasteiger partial charge in [-0.15, -0.1) is 0 Å². The van der Waals surface area contributed by atoms with Gasteiger partial charge < -0.3 is 9.47 Å². The summed E-state index contributed by atoms with van der Waals surface area (Å²) in [5.74, 6) is -0.990. The lowest BCUT2D eigenvalue weighted by molar-refractivity contribution is -0.279. The van der Waals surface area contributed by atoms with Crippen molar-refractivity contribution in [3.05, 3.63) is 105 Å². The molecule has 0 aromatic heterocycles. The molecular weight excluding hydrogens is 616 g/mol. The number of halogens is 4. The number of rotatable bonds is 6. The molecule has 1 fully saturated rings. The number of likely N-dealkylation sites (tertiary alicyclic amines) is 1. The number of nitrogens with zero attached hydrogens (tertiary/aromatic N) is 1. The zero-order valence-corrected chi connectivity index (χ0v) is 23.8. The van der Waals surface area contributed by atoms with Crippen LogP contribution >= 0.6 is 22.6 Å². The van der Waals surface area contributed by atoms with Crippen molar-refractivity contribution in [2.45, 2.75) is 55.5 Å². The first-order valence-corrected chi connectivity index (χ1v) is 14.3.